The topological polar surface area (TPSA) is 32.3 Å². The number of carbonyl (C=O) groups is 1. The number of nitrogens with one attached hydrogen (secondary N) is 1. The van der Waals surface area contributed by atoms with Crippen molar-refractivity contribution in [1.29, 1.82) is 0 Å². The number of aryl methyl sites for hydroxylation is 1. The molecule has 2 rings (SSSR count). The van der Waals surface area contributed by atoms with Gasteiger partial charge in [0.05, 0.1) is 6.54 Å². The fraction of sp³-hybridized carbons (Fsp3) is 0.417. The first-order chi connectivity index (χ1) is 8.39. The van der Waals surface area contributed by atoms with Crippen LogP contribution in [0, 0.1) is 6.92 Å². The van der Waals surface area contributed by atoms with Crippen LogP contribution in [-0.2, 0) is 4.79 Å². The Labute approximate surface area is 103 Å². The molecule has 0 aromatic heterocycles. The molecule has 3 nitrogen and oxygen atoms in total. The molecule has 0 aliphatic carbocycles. The number of nitrogens with zero attached hydrogens (tertiary/aromatic N) is 1. The highest BCUT2D eigenvalue weighted by atomic mass is 19.4. The summed E-state index contributed by atoms with van der Waals surface area (Å²) in [4.78, 5) is 12.4. The van der Waals surface area contributed by atoms with Gasteiger partial charge in [0, 0.05) is 12.2 Å². The molecule has 0 radical (unpaired) electrons. The van der Waals surface area contributed by atoms with Crippen LogP contribution in [0.4, 0.5) is 18.9 Å². The zero-order chi connectivity index (χ0) is 13.3. The maximum atomic E-state index is 12.9. The Morgan fingerprint density at radius 3 is 2.61 bits per heavy atom. The standard InChI is InChI=1S/C12H13F3N2O/c1-8-4-2-3-5-9(8)17-7-11(18)16-6-10(17)12(13,14)15/h2-5,10H,6-7H2,1H3,(H,16,18). The molecule has 18 heavy (non-hydrogen) atoms. The van der Waals surface area contributed by atoms with Crippen molar-refractivity contribution in [2.75, 3.05) is 18.0 Å². The van der Waals surface area contributed by atoms with Crippen molar-refractivity contribution in [1.82, 2.24) is 5.32 Å². The first kappa shape index (κ1) is 12.7. The summed E-state index contributed by atoms with van der Waals surface area (Å²) in [6.07, 6.45) is -4.37. The van der Waals surface area contributed by atoms with Gasteiger partial charge in [-0.3, -0.25) is 4.79 Å². The van der Waals surface area contributed by atoms with Gasteiger partial charge in [0.25, 0.3) is 0 Å². The quantitative estimate of drug-likeness (QED) is 0.834. The molecule has 1 unspecified atom stereocenters. The van der Waals surface area contributed by atoms with E-state index in [1.165, 1.54) is 0 Å². The van der Waals surface area contributed by atoms with Crippen molar-refractivity contribution in [3.63, 3.8) is 0 Å². The van der Waals surface area contributed by atoms with Crippen LogP contribution in [0.3, 0.4) is 0 Å². The summed E-state index contributed by atoms with van der Waals surface area (Å²) in [7, 11) is 0. The third-order valence-electron chi connectivity index (χ3n) is 2.99. The Bertz CT molecular complexity index is 459. The third kappa shape index (κ3) is 2.42. The smallest absolute Gasteiger partial charge is 0.352 e. The molecule has 1 aromatic rings. The van der Waals surface area contributed by atoms with E-state index in [0.29, 0.717) is 5.69 Å². The third-order valence-corrected chi connectivity index (χ3v) is 2.99. The van der Waals surface area contributed by atoms with E-state index in [0.717, 1.165) is 10.5 Å². The molecule has 1 atom stereocenters. The Kier molecular flexibility index (Phi) is 3.19. The molecule has 1 aliphatic rings. The van der Waals surface area contributed by atoms with E-state index in [9.17, 15) is 18.0 Å². The summed E-state index contributed by atoms with van der Waals surface area (Å²) in [6.45, 7) is 1.06. The largest absolute Gasteiger partial charge is 0.410 e. The second-order valence-corrected chi connectivity index (χ2v) is 4.28. The fourth-order valence-corrected chi connectivity index (χ4v) is 2.07. The van der Waals surface area contributed by atoms with Crippen molar-refractivity contribution in [2.24, 2.45) is 0 Å². The zero-order valence-corrected chi connectivity index (χ0v) is 9.79. The molecule has 1 saturated heterocycles. The number of rotatable bonds is 1. The van der Waals surface area contributed by atoms with Crippen LogP contribution >= 0.6 is 0 Å². The van der Waals surface area contributed by atoms with Crippen molar-refractivity contribution in [3.05, 3.63) is 29.8 Å². The lowest BCUT2D eigenvalue weighted by atomic mass is 10.1. The van der Waals surface area contributed by atoms with Gasteiger partial charge in [-0.05, 0) is 18.6 Å². The number of para-hydroxylation sites is 1. The molecular weight excluding hydrogens is 245 g/mol. The molecule has 1 aromatic carbocycles. The Morgan fingerprint density at radius 1 is 1.33 bits per heavy atom. The van der Waals surface area contributed by atoms with E-state index in [1.807, 2.05) is 0 Å². The van der Waals surface area contributed by atoms with E-state index >= 15 is 0 Å². The summed E-state index contributed by atoms with van der Waals surface area (Å²) in [6, 6.07) is 5.09. The molecule has 6 heteroatoms. The van der Waals surface area contributed by atoms with Gasteiger partial charge in [-0.1, -0.05) is 18.2 Å². The molecule has 1 fully saturated rings. The number of carbonyl (C=O) groups excluding carboxylic acids is 1. The highest BCUT2D eigenvalue weighted by molar-refractivity contribution is 5.83. The lowest BCUT2D eigenvalue weighted by molar-refractivity contribution is -0.153. The summed E-state index contributed by atoms with van der Waals surface area (Å²) >= 11 is 0. The molecule has 1 heterocycles. The van der Waals surface area contributed by atoms with E-state index in [2.05, 4.69) is 5.32 Å². The monoisotopic (exact) mass is 258 g/mol. The van der Waals surface area contributed by atoms with Gasteiger partial charge < -0.3 is 10.2 Å². The zero-order valence-electron chi connectivity index (χ0n) is 9.79. The van der Waals surface area contributed by atoms with E-state index in [4.69, 9.17) is 0 Å². The van der Waals surface area contributed by atoms with Crippen LogP contribution < -0.4 is 10.2 Å². The number of benzene rings is 1. The van der Waals surface area contributed by atoms with Crippen LogP contribution in [-0.4, -0.2) is 31.2 Å². The van der Waals surface area contributed by atoms with E-state index in [1.54, 1.807) is 31.2 Å². The van der Waals surface area contributed by atoms with Crippen molar-refractivity contribution < 1.29 is 18.0 Å². The van der Waals surface area contributed by atoms with Gasteiger partial charge in [-0.25, -0.2) is 0 Å². The van der Waals surface area contributed by atoms with Crippen molar-refractivity contribution in [2.45, 2.75) is 19.1 Å². The van der Waals surface area contributed by atoms with Crippen LogP contribution in [0.5, 0.6) is 0 Å². The predicted octanol–water partition coefficient (Wildman–Crippen LogP) is 1.86. The predicted molar refractivity (Wildman–Crippen MR) is 61.4 cm³/mol. The normalized spacial score (nSPS) is 20.8. The van der Waals surface area contributed by atoms with Gasteiger partial charge in [-0.15, -0.1) is 0 Å². The Balaban J connectivity index is 2.37. The number of hydrogen-bond acceptors (Lipinski definition) is 2. The van der Waals surface area contributed by atoms with Gasteiger partial charge in [-0.2, -0.15) is 13.2 Å². The number of piperazine rings is 1. The van der Waals surface area contributed by atoms with Crippen LogP contribution in [0.15, 0.2) is 24.3 Å². The molecule has 1 N–H and O–H groups in total. The second-order valence-electron chi connectivity index (χ2n) is 4.28. The lowest BCUT2D eigenvalue weighted by Gasteiger charge is -2.38. The Hall–Kier alpha value is -1.72. The summed E-state index contributed by atoms with van der Waals surface area (Å²) in [5.74, 6) is -0.390. The maximum absolute atomic E-state index is 12.9. The minimum Gasteiger partial charge on any atom is -0.352 e. The molecule has 0 spiro atoms. The lowest BCUT2D eigenvalue weighted by Crippen LogP contribution is -2.60. The Morgan fingerprint density at radius 2 is 2.00 bits per heavy atom. The summed E-state index contributed by atoms with van der Waals surface area (Å²) in [5.41, 5.74) is 1.18. The fourth-order valence-electron chi connectivity index (χ4n) is 2.07. The van der Waals surface area contributed by atoms with Gasteiger partial charge in [0.15, 0.2) is 0 Å². The average molecular weight is 258 g/mol. The number of amides is 1. The minimum absolute atomic E-state index is 0.269. The first-order valence-corrected chi connectivity index (χ1v) is 5.55. The van der Waals surface area contributed by atoms with Crippen LogP contribution in [0.1, 0.15) is 5.56 Å². The van der Waals surface area contributed by atoms with Crippen molar-refractivity contribution in [3.8, 4) is 0 Å². The van der Waals surface area contributed by atoms with Crippen molar-refractivity contribution >= 4 is 11.6 Å². The molecule has 98 valence electrons. The van der Waals surface area contributed by atoms with E-state index < -0.39 is 24.7 Å². The number of alkyl halides is 3. The highest BCUT2D eigenvalue weighted by Gasteiger charge is 2.46. The minimum atomic E-state index is -4.37. The molecule has 1 aliphatic heterocycles. The maximum Gasteiger partial charge on any atom is 0.410 e. The van der Waals surface area contributed by atoms with Gasteiger partial charge >= 0.3 is 6.18 Å². The van der Waals surface area contributed by atoms with E-state index in [-0.39, 0.29) is 6.54 Å². The van der Waals surface area contributed by atoms with Crippen LogP contribution in [0.25, 0.3) is 0 Å². The summed E-state index contributed by atoms with van der Waals surface area (Å²) in [5, 5.41) is 2.26. The average Bonchev–Trinajstić information content (AvgIpc) is 2.27. The summed E-state index contributed by atoms with van der Waals surface area (Å²) < 4.78 is 38.8. The van der Waals surface area contributed by atoms with Gasteiger partial charge in [0.2, 0.25) is 5.91 Å². The SMILES string of the molecule is Cc1ccccc1N1CC(=O)NCC1C(F)(F)F. The number of anilines is 1. The number of halogens is 3. The number of hydrogen-bond donors (Lipinski definition) is 1. The van der Waals surface area contributed by atoms with Gasteiger partial charge in [0.1, 0.15) is 6.04 Å². The molecular formula is C12H13F3N2O. The highest BCUT2D eigenvalue weighted by Crippen LogP contribution is 2.31. The molecule has 0 bridgehead atoms. The second kappa shape index (κ2) is 4.51. The van der Waals surface area contributed by atoms with Crippen LogP contribution in [0.2, 0.25) is 0 Å². The first-order valence-electron chi connectivity index (χ1n) is 5.55. The molecule has 1 amide bonds. The molecule has 0 saturated carbocycles.